The molecule has 0 aromatic heterocycles. The number of nitrogens with one attached hydrogen (secondary N) is 1. The minimum Gasteiger partial charge on any atom is -0.383 e. The van der Waals surface area contributed by atoms with E-state index in [0.717, 1.165) is 32.8 Å². The van der Waals surface area contributed by atoms with E-state index in [2.05, 4.69) is 55.3 Å². The van der Waals surface area contributed by atoms with Crippen molar-refractivity contribution >= 4 is 5.69 Å². The van der Waals surface area contributed by atoms with Crippen LogP contribution in [0.25, 0.3) is 0 Å². The lowest BCUT2D eigenvalue weighted by atomic mass is 10.1. The standard InChI is InChI=1S/C17H30N2O/c1-5-10-18-13-16-6-8-17(9-7-16)19(11-12-20-4)14-15(2)3/h6-9,15,18H,5,10-14H2,1-4H3. The molecule has 0 atom stereocenters. The molecular weight excluding hydrogens is 248 g/mol. The van der Waals surface area contributed by atoms with Gasteiger partial charge in [0.2, 0.25) is 0 Å². The largest absolute Gasteiger partial charge is 0.383 e. The van der Waals surface area contributed by atoms with Gasteiger partial charge in [0.05, 0.1) is 6.61 Å². The van der Waals surface area contributed by atoms with Crippen LogP contribution in [-0.4, -0.2) is 33.4 Å². The van der Waals surface area contributed by atoms with Gasteiger partial charge in [0.15, 0.2) is 0 Å². The zero-order valence-corrected chi connectivity index (χ0v) is 13.5. The number of hydrogen-bond acceptors (Lipinski definition) is 3. The predicted octanol–water partition coefficient (Wildman–Crippen LogP) is 3.30. The van der Waals surface area contributed by atoms with Crippen LogP contribution < -0.4 is 10.2 Å². The number of nitrogens with zero attached hydrogens (tertiary/aromatic N) is 1. The average Bonchev–Trinajstić information content (AvgIpc) is 2.44. The van der Waals surface area contributed by atoms with Crippen LogP contribution in [0.2, 0.25) is 0 Å². The summed E-state index contributed by atoms with van der Waals surface area (Å²) in [4.78, 5) is 2.40. The monoisotopic (exact) mass is 278 g/mol. The third-order valence-corrected chi connectivity index (χ3v) is 3.21. The second-order valence-electron chi connectivity index (χ2n) is 5.68. The molecule has 1 aromatic carbocycles. The smallest absolute Gasteiger partial charge is 0.0637 e. The third kappa shape index (κ3) is 6.40. The molecule has 0 aliphatic rings. The number of ether oxygens (including phenoxy) is 1. The van der Waals surface area contributed by atoms with Crippen molar-refractivity contribution in [1.29, 1.82) is 0 Å². The normalized spacial score (nSPS) is 11.1. The molecular formula is C17H30N2O. The minimum atomic E-state index is 0.651. The van der Waals surface area contributed by atoms with E-state index < -0.39 is 0 Å². The molecule has 114 valence electrons. The maximum atomic E-state index is 5.21. The van der Waals surface area contributed by atoms with Crippen LogP contribution in [0.4, 0.5) is 5.69 Å². The molecule has 1 N–H and O–H groups in total. The van der Waals surface area contributed by atoms with Crippen LogP contribution in [-0.2, 0) is 11.3 Å². The fourth-order valence-corrected chi connectivity index (χ4v) is 2.20. The lowest BCUT2D eigenvalue weighted by molar-refractivity contribution is 0.204. The van der Waals surface area contributed by atoms with Crippen molar-refractivity contribution in [1.82, 2.24) is 5.32 Å². The lowest BCUT2D eigenvalue weighted by Gasteiger charge is -2.26. The maximum absolute atomic E-state index is 5.21. The fourth-order valence-electron chi connectivity index (χ4n) is 2.20. The van der Waals surface area contributed by atoms with E-state index in [1.165, 1.54) is 17.7 Å². The first-order chi connectivity index (χ1) is 9.67. The van der Waals surface area contributed by atoms with E-state index in [1.54, 1.807) is 7.11 Å². The molecule has 3 heteroatoms. The van der Waals surface area contributed by atoms with Crippen molar-refractivity contribution < 1.29 is 4.74 Å². The number of rotatable bonds is 10. The van der Waals surface area contributed by atoms with E-state index in [9.17, 15) is 0 Å². The first kappa shape index (κ1) is 17.0. The molecule has 1 rings (SSSR count). The van der Waals surface area contributed by atoms with Gasteiger partial charge < -0.3 is 15.0 Å². The highest BCUT2D eigenvalue weighted by molar-refractivity contribution is 5.47. The summed E-state index contributed by atoms with van der Waals surface area (Å²) < 4.78 is 5.21. The molecule has 1 aromatic rings. The lowest BCUT2D eigenvalue weighted by Crippen LogP contribution is -2.30. The highest BCUT2D eigenvalue weighted by Crippen LogP contribution is 2.16. The second-order valence-corrected chi connectivity index (χ2v) is 5.68. The fraction of sp³-hybridized carbons (Fsp3) is 0.647. The Morgan fingerprint density at radius 2 is 1.90 bits per heavy atom. The summed E-state index contributed by atoms with van der Waals surface area (Å²) in [7, 11) is 1.76. The Kier molecular flexibility index (Phi) is 8.31. The molecule has 3 nitrogen and oxygen atoms in total. The van der Waals surface area contributed by atoms with Crippen molar-refractivity contribution in [3.63, 3.8) is 0 Å². The zero-order chi connectivity index (χ0) is 14.8. The van der Waals surface area contributed by atoms with Gasteiger partial charge in [-0.3, -0.25) is 0 Å². The van der Waals surface area contributed by atoms with Crippen LogP contribution >= 0.6 is 0 Å². The summed E-state index contributed by atoms with van der Waals surface area (Å²) in [5.41, 5.74) is 2.63. The Morgan fingerprint density at radius 1 is 1.20 bits per heavy atom. The summed E-state index contributed by atoms with van der Waals surface area (Å²) in [6.45, 7) is 11.5. The van der Waals surface area contributed by atoms with Gasteiger partial charge in [0, 0.05) is 32.4 Å². The summed E-state index contributed by atoms with van der Waals surface area (Å²) in [5, 5.41) is 3.43. The minimum absolute atomic E-state index is 0.651. The highest BCUT2D eigenvalue weighted by atomic mass is 16.5. The molecule has 0 spiro atoms. The predicted molar refractivity (Wildman–Crippen MR) is 87.4 cm³/mol. The van der Waals surface area contributed by atoms with Gasteiger partial charge in [0.25, 0.3) is 0 Å². The van der Waals surface area contributed by atoms with Gasteiger partial charge in [-0.2, -0.15) is 0 Å². The van der Waals surface area contributed by atoms with E-state index >= 15 is 0 Å². The Hall–Kier alpha value is -1.06. The van der Waals surface area contributed by atoms with E-state index in [4.69, 9.17) is 4.74 Å². The van der Waals surface area contributed by atoms with Crippen LogP contribution in [0, 0.1) is 5.92 Å². The highest BCUT2D eigenvalue weighted by Gasteiger charge is 2.08. The van der Waals surface area contributed by atoms with E-state index in [0.29, 0.717) is 5.92 Å². The quantitative estimate of drug-likeness (QED) is 0.665. The SMILES string of the molecule is CCCNCc1ccc(N(CCOC)CC(C)C)cc1. The van der Waals surface area contributed by atoms with E-state index in [1.807, 2.05) is 0 Å². The summed E-state index contributed by atoms with van der Waals surface area (Å²) in [6.07, 6.45) is 1.18. The van der Waals surface area contributed by atoms with Gasteiger partial charge in [0.1, 0.15) is 0 Å². The molecule has 0 heterocycles. The molecule has 0 saturated carbocycles. The van der Waals surface area contributed by atoms with Crippen molar-refractivity contribution in [3.8, 4) is 0 Å². The third-order valence-electron chi connectivity index (χ3n) is 3.21. The molecule has 0 fully saturated rings. The molecule has 0 saturated heterocycles. The van der Waals surface area contributed by atoms with Crippen molar-refractivity contribution in [3.05, 3.63) is 29.8 Å². The summed E-state index contributed by atoms with van der Waals surface area (Å²) >= 11 is 0. The average molecular weight is 278 g/mol. The molecule has 0 bridgehead atoms. The Bertz CT molecular complexity index is 349. The van der Waals surface area contributed by atoms with Gasteiger partial charge >= 0.3 is 0 Å². The first-order valence-electron chi connectivity index (χ1n) is 7.71. The molecule has 0 amide bonds. The molecule has 0 aliphatic carbocycles. The topological polar surface area (TPSA) is 24.5 Å². The van der Waals surface area contributed by atoms with E-state index in [-0.39, 0.29) is 0 Å². The molecule has 0 unspecified atom stereocenters. The number of anilines is 1. The van der Waals surface area contributed by atoms with Crippen LogP contribution in [0.1, 0.15) is 32.8 Å². The number of benzene rings is 1. The zero-order valence-electron chi connectivity index (χ0n) is 13.5. The maximum Gasteiger partial charge on any atom is 0.0637 e. The first-order valence-corrected chi connectivity index (χ1v) is 7.71. The molecule has 0 radical (unpaired) electrons. The van der Waals surface area contributed by atoms with Crippen molar-refractivity contribution in [2.75, 3.05) is 38.3 Å². The number of hydrogen-bond donors (Lipinski definition) is 1. The Labute approximate surface area is 124 Å². The Balaban J connectivity index is 2.61. The summed E-state index contributed by atoms with van der Waals surface area (Å²) in [6, 6.07) is 8.89. The van der Waals surface area contributed by atoms with Gasteiger partial charge in [-0.15, -0.1) is 0 Å². The Morgan fingerprint density at radius 3 is 2.45 bits per heavy atom. The van der Waals surface area contributed by atoms with Gasteiger partial charge in [-0.05, 0) is 36.6 Å². The van der Waals surface area contributed by atoms with Crippen LogP contribution in [0.5, 0.6) is 0 Å². The molecule has 20 heavy (non-hydrogen) atoms. The molecule has 0 aliphatic heterocycles. The summed E-state index contributed by atoms with van der Waals surface area (Å²) in [5.74, 6) is 0.651. The number of methoxy groups -OCH3 is 1. The van der Waals surface area contributed by atoms with Gasteiger partial charge in [-0.25, -0.2) is 0 Å². The van der Waals surface area contributed by atoms with Gasteiger partial charge in [-0.1, -0.05) is 32.9 Å². The van der Waals surface area contributed by atoms with Crippen LogP contribution in [0.15, 0.2) is 24.3 Å². The van der Waals surface area contributed by atoms with Crippen molar-refractivity contribution in [2.24, 2.45) is 5.92 Å². The van der Waals surface area contributed by atoms with Crippen molar-refractivity contribution in [2.45, 2.75) is 33.7 Å². The second kappa shape index (κ2) is 9.78. The van der Waals surface area contributed by atoms with Crippen LogP contribution in [0.3, 0.4) is 0 Å².